The topological polar surface area (TPSA) is 356 Å². The predicted octanol–water partition coefficient (Wildman–Crippen LogP) is -8.80. The van der Waals surface area contributed by atoms with Gasteiger partial charge in [-0.1, -0.05) is 0 Å². The van der Waals surface area contributed by atoms with Crippen LogP contribution < -0.4 is 10.6 Å². The van der Waals surface area contributed by atoms with Crippen molar-refractivity contribution in [2.45, 2.75) is 137 Å². The lowest BCUT2D eigenvalue weighted by molar-refractivity contribution is -0.384. The first-order chi connectivity index (χ1) is 23.5. The maximum atomic E-state index is 12.2. The number of ether oxygens (including phenoxy) is 6. The zero-order valence-electron chi connectivity index (χ0n) is 27.4. The normalized spacial score (nSPS) is 41.9. The summed E-state index contributed by atoms with van der Waals surface area (Å²) in [6, 6.07) is -3.09. The minimum atomic E-state index is -2.00. The molecule has 0 bridgehead atoms. The molecule has 3 aliphatic rings. The molecule has 3 fully saturated rings. The van der Waals surface area contributed by atoms with E-state index in [1.54, 1.807) is 0 Å². The Labute approximate surface area is 285 Å². The molecule has 3 heterocycles. The quantitative estimate of drug-likeness (QED) is 0.0742. The van der Waals surface area contributed by atoms with Crippen LogP contribution >= 0.6 is 0 Å². The lowest BCUT2D eigenvalue weighted by Crippen LogP contribution is -2.69. The van der Waals surface area contributed by atoms with Crippen LogP contribution in [0.15, 0.2) is 0 Å². The number of amides is 2. The second-order valence-electron chi connectivity index (χ2n) is 12.4. The molecule has 19 atom stereocenters. The highest BCUT2D eigenvalue weighted by Gasteiger charge is 2.54. The number of hydrogen-bond acceptors (Lipinski definition) is 20. The van der Waals surface area contributed by atoms with Gasteiger partial charge >= 0.3 is 0 Å². The van der Waals surface area contributed by atoms with Crippen LogP contribution in [-0.2, 0) is 38.0 Å². The van der Waals surface area contributed by atoms with Crippen molar-refractivity contribution in [2.24, 2.45) is 0 Å². The molecule has 0 aromatic carbocycles. The van der Waals surface area contributed by atoms with Crippen molar-refractivity contribution in [3.63, 3.8) is 0 Å². The number of rotatable bonds is 15. The Bertz CT molecular complexity index is 1080. The highest BCUT2D eigenvalue weighted by molar-refractivity contribution is 5.73. The largest absolute Gasteiger partial charge is 0.394 e. The van der Waals surface area contributed by atoms with Crippen molar-refractivity contribution in [2.75, 3.05) is 26.4 Å². The highest BCUT2D eigenvalue weighted by atomic mass is 16.8. The Balaban J connectivity index is 1.95. The van der Waals surface area contributed by atoms with E-state index >= 15 is 0 Å². The van der Waals surface area contributed by atoms with Crippen LogP contribution in [0.5, 0.6) is 0 Å². The molecular formula is C28H50N2O20. The van der Waals surface area contributed by atoms with E-state index in [1.807, 2.05) is 0 Å². The van der Waals surface area contributed by atoms with E-state index in [-0.39, 0.29) is 0 Å². The number of aliphatic hydroxyl groups excluding tert-OH is 12. The van der Waals surface area contributed by atoms with Gasteiger partial charge in [-0.05, 0) is 6.92 Å². The molecule has 0 aromatic heterocycles. The van der Waals surface area contributed by atoms with Crippen LogP contribution in [0.1, 0.15) is 20.8 Å². The van der Waals surface area contributed by atoms with Crippen molar-refractivity contribution in [3.05, 3.63) is 0 Å². The van der Waals surface area contributed by atoms with Crippen LogP contribution in [-0.4, -0.2) is 216 Å². The molecule has 0 spiro atoms. The van der Waals surface area contributed by atoms with Gasteiger partial charge in [0.2, 0.25) is 11.8 Å². The van der Waals surface area contributed by atoms with E-state index in [0.29, 0.717) is 0 Å². The van der Waals surface area contributed by atoms with Gasteiger partial charge in [0, 0.05) is 13.8 Å². The van der Waals surface area contributed by atoms with Gasteiger partial charge in [-0.15, -0.1) is 0 Å². The van der Waals surface area contributed by atoms with E-state index in [4.69, 9.17) is 28.4 Å². The first-order valence-electron chi connectivity index (χ1n) is 15.9. The lowest BCUT2D eigenvalue weighted by Gasteiger charge is -2.49. The zero-order chi connectivity index (χ0) is 37.6. The van der Waals surface area contributed by atoms with Crippen molar-refractivity contribution >= 4 is 11.8 Å². The lowest BCUT2D eigenvalue weighted by atomic mass is 9.94. The third kappa shape index (κ3) is 9.80. The third-order valence-corrected chi connectivity index (χ3v) is 8.63. The molecule has 0 radical (unpaired) electrons. The molecule has 0 unspecified atom stereocenters. The highest BCUT2D eigenvalue weighted by Crippen LogP contribution is 2.33. The Morgan fingerprint density at radius 2 is 1.28 bits per heavy atom. The Hall–Kier alpha value is -1.78. The summed E-state index contributed by atoms with van der Waals surface area (Å²) in [6.45, 7) is -0.196. The molecule has 2 amide bonds. The van der Waals surface area contributed by atoms with E-state index < -0.39 is 155 Å². The van der Waals surface area contributed by atoms with Gasteiger partial charge in [0.05, 0.1) is 38.6 Å². The van der Waals surface area contributed by atoms with Gasteiger partial charge in [0.25, 0.3) is 0 Å². The van der Waals surface area contributed by atoms with Crippen LogP contribution in [0.4, 0.5) is 0 Å². The minimum absolute atomic E-state index is 0.697. The molecule has 0 aromatic rings. The van der Waals surface area contributed by atoms with Gasteiger partial charge in [0.1, 0.15) is 85.4 Å². The van der Waals surface area contributed by atoms with Gasteiger partial charge in [-0.25, -0.2) is 0 Å². The van der Waals surface area contributed by atoms with E-state index in [1.165, 1.54) is 6.92 Å². The summed E-state index contributed by atoms with van der Waals surface area (Å²) in [6.07, 6.45) is -29.7. The van der Waals surface area contributed by atoms with Gasteiger partial charge in [0.15, 0.2) is 18.9 Å². The van der Waals surface area contributed by atoms with Crippen LogP contribution in [0.3, 0.4) is 0 Å². The predicted molar refractivity (Wildman–Crippen MR) is 158 cm³/mol. The third-order valence-electron chi connectivity index (χ3n) is 8.63. The number of nitrogens with one attached hydrogen (secondary N) is 2. The molecular weight excluding hydrogens is 684 g/mol. The van der Waals surface area contributed by atoms with Crippen molar-refractivity contribution in [3.8, 4) is 0 Å². The Morgan fingerprint density at radius 3 is 1.82 bits per heavy atom. The van der Waals surface area contributed by atoms with E-state index in [2.05, 4.69) is 10.6 Å². The van der Waals surface area contributed by atoms with Gasteiger partial charge in [-0.2, -0.15) is 0 Å². The van der Waals surface area contributed by atoms with Crippen molar-refractivity contribution < 1.29 is 99.3 Å². The summed E-state index contributed by atoms with van der Waals surface area (Å²) in [4.78, 5) is 24.1. The number of aliphatic hydroxyl groups is 12. The number of carbonyl (C=O) groups excluding carboxylic acids is 2. The van der Waals surface area contributed by atoms with Gasteiger partial charge in [-0.3, -0.25) is 9.59 Å². The minimum Gasteiger partial charge on any atom is -0.394 e. The molecule has 292 valence electrons. The number of hydrogen-bond donors (Lipinski definition) is 14. The summed E-state index contributed by atoms with van der Waals surface area (Å²) in [5.74, 6) is -1.47. The Morgan fingerprint density at radius 1 is 0.680 bits per heavy atom. The second-order valence-corrected chi connectivity index (χ2v) is 12.4. The maximum Gasteiger partial charge on any atom is 0.217 e. The molecule has 14 N–H and O–H groups in total. The van der Waals surface area contributed by atoms with E-state index in [9.17, 15) is 70.9 Å². The van der Waals surface area contributed by atoms with Crippen LogP contribution in [0, 0.1) is 0 Å². The molecule has 0 aliphatic carbocycles. The summed E-state index contributed by atoms with van der Waals surface area (Å²) in [5.41, 5.74) is 0. The van der Waals surface area contributed by atoms with Crippen LogP contribution in [0.2, 0.25) is 0 Å². The standard InChI is InChI=1S/C28H50N2O20/c1-8-16(38)20(42)22(44)27(45-8)50-25-21(43)18(40)13(6-33)46-28(25)49-24-14(7-34)47-26(15(19(24)41)30-10(3)36)48-23(17(39)12(37)5-32)11(4-31)29-9(2)35/h8,11-28,31-34,37-44H,4-7H2,1-3H3,(H,29,35)(H,30,36)/t8-,11-,12+,13+,14+,15+,16+,17-,18-,19+,20+,21-,22-,23+,24+,25+,26-,27-,28-/m0/s1. The van der Waals surface area contributed by atoms with Crippen molar-refractivity contribution in [1.82, 2.24) is 10.6 Å². The molecule has 3 aliphatic heterocycles. The van der Waals surface area contributed by atoms with E-state index in [0.717, 1.165) is 13.8 Å². The molecule has 3 saturated heterocycles. The average Bonchev–Trinajstić information content (AvgIpc) is 3.08. The molecule has 3 rings (SSSR count). The molecule has 22 nitrogen and oxygen atoms in total. The number of carbonyl (C=O) groups is 2. The first kappa shape index (κ1) is 42.6. The smallest absolute Gasteiger partial charge is 0.217 e. The summed E-state index contributed by atoms with van der Waals surface area (Å²) < 4.78 is 34.2. The van der Waals surface area contributed by atoms with Crippen LogP contribution in [0.25, 0.3) is 0 Å². The fourth-order valence-electron chi connectivity index (χ4n) is 5.87. The summed E-state index contributed by atoms with van der Waals surface area (Å²) in [5, 5.41) is 129. The Kier molecular flexibility index (Phi) is 16.0. The first-order valence-corrected chi connectivity index (χ1v) is 15.9. The fraction of sp³-hybridized carbons (Fsp3) is 0.929. The fourth-order valence-corrected chi connectivity index (χ4v) is 5.87. The summed E-state index contributed by atoms with van der Waals surface area (Å²) in [7, 11) is 0. The van der Waals surface area contributed by atoms with Gasteiger partial charge < -0.3 is 100 Å². The van der Waals surface area contributed by atoms with Crippen molar-refractivity contribution in [1.29, 1.82) is 0 Å². The second kappa shape index (κ2) is 18.8. The zero-order valence-corrected chi connectivity index (χ0v) is 27.4. The molecule has 0 saturated carbocycles. The average molecular weight is 735 g/mol. The monoisotopic (exact) mass is 734 g/mol. The SMILES string of the molecule is CC(=O)N[C@H]1[C@H](O[C@@H]([C@@H](O)[C@H](O)CO)[C@H](CO)NC(C)=O)O[C@H](CO)[C@@H](O[C@@H]2O[C@H](CO)[C@H](O)[C@H](O)[C@H]2O[C@@H]2O[C@@H](C)[C@@H](O)[C@@H](O)[C@@H]2O)[C@@H]1O. The summed E-state index contributed by atoms with van der Waals surface area (Å²) >= 11 is 0. The molecule has 50 heavy (non-hydrogen) atoms. The molecule has 22 heteroatoms. The maximum absolute atomic E-state index is 12.2.